The van der Waals surface area contributed by atoms with E-state index in [9.17, 15) is 4.79 Å². The Labute approximate surface area is 134 Å². The van der Waals surface area contributed by atoms with E-state index in [1.807, 2.05) is 30.3 Å². The lowest BCUT2D eigenvalue weighted by molar-refractivity contribution is 0.0951. The highest BCUT2D eigenvalue weighted by molar-refractivity contribution is 5.94. The zero-order valence-corrected chi connectivity index (χ0v) is 12.3. The number of amides is 1. The standard InChI is InChI=1S/C18H15N3O2/c22-17(21-13-14-5-2-1-3-6-14)15-7-9-16(10-8-15)23-18-19-11-4-12-20-18/h1-12H,13H2,(H,21,22). The van der Waals surface area contributed by atoms with E-state index in [1.165, 1.54) is 0 Å². The summed E-state index contributed by atoms with van der Waals surface area (Å²) in [5, 5.41) is 2.88. The lowest BCUT2D eigenvalue weighted by atomic mass is 10.2. The van der Waals surface area contributed by atoms with E-state index in [4.69, 9.17) is 4.74 Å². The second-order valence-electron chi connectivity index (χ2n) is 4.83. The van der Waals surface area contributed by atoms with Crippen LogP contribution in [0.25, 0.3) is 0 Å². The molecule has 0 radical (unpaired) electrons. The molecule has 1 amide bonds. The maximum absolute atomic E-state index is 12.1. The summed E-state index contributed by atoms with van der Waals surface area (Å²) in [7, 11) is 0. The van der Waals surface area contributed by atoms with Gasteiger partial charge in [0.25, 0.3) is 5.91 Å². The molecule has 0 bridgehead atoms. The smallest absolute Gasteiger partial charge is 0.321 e. The number of hydrogen-bond acceptors (Lipinski definition) is 4. The first kappa shape index (κ1) is 14.7. The zero-order valence-electron chi connectivity index (χ0n) is 12.3. The van der Waals surface area contributed by atoms with Crippen LogP contribution in [-0.2, 0) is 6.54 Å². The predicted octanol–water partition coefficient (Wildman–Crippen LogP) is 3.20. The van der Waals surface area contributed by atoms with Crippen molar-refractivity contribution < 1.29 is 9.53 Å². The van der Waals surface area contributed by atoms with Crippen LogP contribution < -0.4 is 10.1 Å². The molecule has 0 unspecified atom stereocenters. The molecule has 0 fully saturated rings. The van der Waals surface area contributed by atoms with Gasteiger partial charge in [-0.2, -0.15) is 0 Å². The number of hydrogen-bond donors (Lipinski definition) is 1. The molecule has 1 aromatic heterocycles. The van der Waals surface area contributed by atoms with Gasteiger partial charge in [0.2, 0.25) is 0 Å². The maximum atomic E-state index is 12.1. The van der Waals surface area contributed by atoms with E-state index >= 15 is 0 Å². The molecule has 5 nitrogen and oxygen atoms in total. The highest BCUT2D eigenvalue weighted by Crippen LogP contribution is 2.17. The average molecular weight is 305 g/mol. The van der Waals surface area contributed by atoms with Gasteiger partial charge < -0.3 is 10.1 Å². The predicted molar refractivity (Wildman–Crippen MR) is 86.2 cm³/mol. The van der Waals surface area contributed by atoms with E-state index < -0.39 is 0 Å². The SMILES string of the molecule is O=C(NCc1ccccc1)c1ccc(Oc2ncccn2)cc1. The van der Waals surface area contributed by atoms with E-state index in [0.29, 0.717) is 17.9 Å². The maximum Gasteiger partial charge on any atom is 0.321 e. The first-order valence-electron chi connectivity index (χ1n) is 7.18. The van der Waals surface area contributed by atoms with E-state index in [2.05, 4.69) is 15.3 Å². The Kier molecular flexibility index (Phi) is 4.59. The van der Waals surface area contributed by atoms with Gasteiger partial charge in [0.05, 0.1) is 0 Å². The van der Waals surface area contributed by atoms with Crippen molar-refractivity contribution in [3.05, 3.63) is 84.2 Å². The largest absolute Gasteiger partial charge is 0.424 e. The summed E-state index contributed by atoms with van der Waals surface area (Å²) in [5.41, 5.74) is 1.63. The number of rotatable bonds is 5. The lowest BCUT2D eigenvalue weighted by Gasteiger charge is -2.07. The summed E-state index contributed by atoms with van der Waals surface area (Å²) in [4.78, 5) is 20.1. The van der Waals surface area contributed by atoms with Crippen LogP contribution in [0.1, 0.15) is 15.9 Å². The molecule has 3 aromatic rings. The van der Waals surface area contributed by atoms with Crippen molar-refractivity contribution in [2.45, 2.75) is 6.54 Å². The molecule has 23 heavy (non-hydrogen) atoms. The summed E-state index contributed by atoms with van der Waals surface area (Å²) in [6.45, 7) is 0.496. The van der Waals surface area contributed by atoms with Gasteiger partial charge in [-0.1, -0.05) is 30.3 Å². The Hall–Kier alpha value is -3.21. The molecular formula is C18H15N3O2. The van der Waals surface area contributed by atoms with E-state index in [1.54, 1.807) is 42.7 Å². The molecule has 0 saturated heterocycles. The number of carbonyl (C=O) groups excluding carboxylic acids is 1. The van der Waals surface area contributed by atoms with Gasteiger partial charge in [-0.05, 0) is 35.9 Å². The normalized spacial score (nSPS) is 10.1. The van der Waals surface area contributed by atoms with Crippen LogP contribution in [-0.4, -0.2) is 15.9 Å². The third kappa shape index (κ3) is 4.14. The van der Waals surface area contributed by atoms with Crippen molar-refractivity contribution in [1.29, 1.82) is 0 Å². The molecule has 0 atom stereocenters. The van der Waals surface area contributed by atoms with Gasteiger partial charge in [0.15, 0.2) is 0 Å². The van der Waals surface area contributed by atoms with Crippen LogP contribution in [0.2, 0.25) is 0 Å². The van der Waals surface area contributed by atoms with E-state index in [0.717, 1.165) is 5.56 Å². The van der Waals surface area contributed by atoms with Crippen molar-refractivity contribution in [3.8, 4) is 11.8 Å². The molecule has 0 saturated carbocycles. The molecule has 1 heterocycles. The molecule has 1 N–H and O–H groups in total. The zero-order chi connectivity index (χ0) is 15.9. The molecule has 5 heteroatoms. The first-order valence-corrected chi connectivity index (χ1v) is 7.18. The van der Waals surface area contributed by atoms with Crippen molar-refractivity contribution in [2.75, 3.05) is 0 Å². The third-order valence-corrected chi connectivity index (χ3v) is 3.16. The lowest BCUT2D eigenvalue weighted by Crippen LogP contribution is -2.22. The average Bonchev–Trinajstić information content (AvgIpc) is 2.62. The Balaban J connectivity index is 1.59. The van der Waals surface area contributed by atoms with Gasteiger partial charge >= 0.3 is 6.01 Å². The molecule has 114 valence electrons. The number of benzene rings is 2. The van der Waals surface area contributed by atoms with Crippen LogP contribution in [0.3, 0.4) is 0 Å². The fourth-order valence-electron chi connectivity index (χ4n) is 2.00. The van der Waals surface area contributed by atoms with Crippen LogP contribution in [0.15, 0.2) is 73.1 Å². The Morgan fingerprint density at radius 2 is 1.61 bits per heavy atom. The van der Waals surface area contributed by atoms with Gasteiger partial charge in [0.1, 0.15) is 5.75 Å². The van der Waals surface area contributed by atoms with Crippen LogP contribution >= 0.6 is 0 Å². The van der Waals surface area contributed by atoms with Gasteiger partial charge in [-0.25, -0.2) is 9.97 Å². The molecular weight excluding hydrogens is 290 g/mol. The van der Waals surface area contributed by atoms with Gasteiger partial charge in [0, 0.05) is 24.5 Å². The Morgan fingerprint density at radius 3 is 2.30 bits per heavy atom. The van der Waals surface area contributed by atoms with Crippen molar-refractivity contribution in [1.82, 2.24) is 15.3 Å². The number of aromatic nitrogens is 2. The number of nitrogens with one attached hydrogen (secondary N) is 1. The summed E-state index contributed by atoms with van der Waals surface area (Å²) in [6.07, 6.45) is 3.21. The molecule has 0 spiro atoms. The van der Waals surface area contributed by atoms with E-state index in [-0.39, 0.29) is 11.9 Å². The fraction of sp³-hybridized carbons (Fsp3) is 0.0556. The second kappa shape index (κ2) is 7.17. The number of carbonyl (C=O) groups is 1. The highest BCUT2D eigenvalue weighted by Gasteiger charge is 2.06. The van der Waals surface area contributed by atoms with Crippen LogP contribution in [0.4, 0.5) is 0 Å². The first-order chi connectivity index (χ1) is 11.3. The van der Waals surface area contributed by atoms with Crippen molar-refractivity contribution in [3.63, 3.8) is 0 Å². The molecule has 2 aromatic carbocycles. The summed E-state index contributed by atoms with van der Waals surface area (Å²) < 4.78 is 5.49. The molecule has 3 rings (SSSR count). The topological polar surface area (TPSA) is 64.1 Å². The molecule has 0 aliphatic heterocycles. The summed E-state index contributed by atoms with van der Waals surface area (Å²) in [6, 6.07) is 18.6. The van der Waals surface area contributed by atoms with Crippen LogP contribution in [0, 0.1) is 0 Å². The fourth-order valence-corrected chi connectivity index (χ4v) is 2.00. The highest BCUT2D eigenvalue weighted by atomic mass is 16.5. The monoisotopic (exact) mass is 305 g/mol. The number of ether oxygens (including phenoxy) is 1. The summed E-state index contributed by atoms with van der Waals surface area (Å²) in [5.74, 6) is 0.451. The molecule has 0 aliphatic rings. The minimum absolute atomic E-state index is 0.128. The Bertz CT molecular complexity index is 759. The Morgan fingerprint density at radius 1 is 0.913 bits per heavy atom. The van der Waals surface area contributed by atoms with Gasteiger partial charge in [-0.3, -0.25) is 4.79 Å². The quantitative estimate of drug-likeness (QED) is 0.786. The molecule has 0 aliphatic carbocycles. The third-order valence-electron chi connectivity index (χ3n) is 3.16. The van der Waals surface area contributed by atoms with Crippen molar-refractivity contribution >= 4 is 5.91 Å². The van der Waals surface area contributed by atoms with Gasteiger partial charge in [-0.15, -0.1) is 0 Å². The summed E-state index contributed by atoms with van der Waals surface area (Å²) >= 11 is 0. The van der Waals surface area contributed by atoms with Crippen molar-refractivity contribution in [2.24, 2.45) is 0 Å². The van der Waals surface area contributed by atoms with Crippen LogP contribution in [0.5, 0.6) is 11.8 Å². The second-order valence-corrected chi connectivity index (χ2v) is 4.83. The number of nitrogens with zero attached hydrogens (tertiary/aromatic N) is 2. The minimum Gasteiger partial charge on any atom is -0.424 e. The minimum atomic E-state index is -0.128.